The number of aliphatic hydroxyl groups is 1. The summed E-state index contributed by atoms with van der Waals surface area (Å²) in [7, 11) is 0. The lowest BCUT2D eigenvalue weighted by atomic mass is 9.81. The van der Waals surface area contributed by atoms with E-state index in [2.05, 4.69) is 6.92 Å². The van der Waals surface area contributed by atoms with Crippen LogP contribution >= 0.6 is 0 Å². The van der Waals surface area contributed by atoms with Gasteiger partial charge in [-0.1, -0.05) is 45.4 Å². The van der Waals surface area contributed by atoms with Crippen molar-refractivity contribution < 1.29 is 9.90 Å². The van der Waals surface area contributed by atoms with Gasteiger partial charge in [0.1, 0.15) is 0 Å². The van der Waals surface area contributed by atoms with Gasteiger partial charge in [-0.2, -0.15) is 0 Å². The van der Waals surface area contributed by atoms with E-state index in [1.807, 2.05) is 0 Å². The van der Waals surface area contributed by atoms with Gasteiger partial charge < -0.3 is 10.8 Å². The number of carbonyl (C=O) groups excluding carboxylic acids is 1. The number of primary amides is 1. The smallest absolute Gasteiger partial charge is 0.223 e. The molecule has 1 aliphatic carbocycles. The van der Waals surface area contributed by atoms with Crippen molar-refractivity contribution >= 4 is 5.91 Å². The molecule has 3 heteroatoms. The summed E-state index contributed by atoms with van der Waals surface area (Å²) in [6.07, 6.45) is 8.81. The molecule has 1 fully saturated rings. The zero-order chi connectivity index (χ0) is 12.0. The van der Waals surface area contributed by atoms with E-state index in [0.29, 0.717) is 0 Å². The Kier molecular flexibility index (Phi) is 5.26. The van der Waals surface area contributed by atoms with E-state index >= 15 is 0 Å². The van der Waals surface area contributed by atoms with Crippen LogP contribution in [0.2, 0.25) is 0 Å². The molecule has 0 spiro atoms. The quantitative estimate of drug-likeness (QED) is 0.656. The first-order valence-corrected chi connectivity index (χ1v) is 6.62. The van der Waals surface area contributed by atoms with Gasteiger partial charge in [0.05, 0.1) is 11.5 Å². The lowest BCUT2D eigenvalue weighted by molar-refractivity contribution is -0.131. The van der Waals surface area contributed by atoms with Crippen molar-refractivity contribution in [2.75, 3.05) is 0 Å². The third-order valence-corrected chi connectivity index (χ3v) is 3.81. The number of amides is 1. The molecular weight excluding hydrogens is 202 g/mol. The van der Waals surface area contributed by atoms with Crippen molar-refractivity contribution in [3.8, 4) is 0 Å². The summed E-state index contributed by atoms with van der Waals surface area (Å²) in [6, 6.07) is 0. The minimum atomic E-state index is -0.794. The molecule has 3 nitrogen and oxygen atoms in total. The average Bonchev–Trinajstić information content (AvgIpc) is 2.65. The van der Waals surface area contributed by atoms with E-state index in [4.69, 9.17) is 5.73 Å². The van der Waals surface area contributed by atoms with Crippen molar-refractivity contribution in [2.45, 2.75) is 70.3 Å². The van der Waals surface area contributed by atoms with Crippen molar-refractivity contribution in [3.05, 3.63) is 0 Å². The molecule has 0 bridgehead atoms. The number of carbonyl (C=O) groups is 1. The molecule has 1 unspecified atom stereocenters. The molecule has 0 saturated heterocycles. The van der Waals surface area contributed by atoms with Crippen LogP contribution in [0, 0.1) is 5.92 Å². The predicted molar refractivity (Wildman–Crippen MR) is 64.9 cm³/mol. The Morgan fingerprint density at radius 1 is 1.31 bits per heavy atom. The molecule has 3 N–H and O–H groups in total. The average molecular weight is 227 g/mol. The molecule has 0 aromatic carbocycles. The minimum absolute atomic E-state index is 0.319. The molecule has 0 aromatic rings. The Morgan fingerprint density at radius 2 is 1.94 bits per heavy atom. The van der Waals surface area contributed by atoms with Crippen LogP contribution in [0.15, 0.2) is 0 Å². The topological polar surface area (TPSA) is 63.3 Å². The van der Waals surface area contributed by atoms with E-state index in [-0.39, 0.29) is 11.8 Å². The fourth-order valence-corrected chi connectivity index (χ4v) is 2.79. The second kappa shape index (κ2) is 6.24. The van der Waals surface area contributed by atoms with Crippen molar-refractivity contribution in [3.63, 3.8) is 0 Å². The third-order valence-electron chi connectivity index (χ3n) is 3.81. The molecule has 94 valence electrons. The van der Waals surface area contributed by atoms with E-state index < -0.39 is 5.60 Å². The van der Waals surface area contributed by atoms with Gasteiger partial charge in [-0.15, -0.1) is 0 Å². The number of hydrogen-bond donors (Lipinski definition) is 2. The summed E-state index contributed by atoms with van der Waals surface area (Å²) in [4.78, 5) is 11.4. The Labute approximate surface area is 98.4 Å². The molecule has 0 aliphatic heterocycles. The fraction of sp³-hybridized carbons (Fsp3) is 0.923. The van der Waals surface area contributed by atoms with Gasteiger partial charge in [0, 0.05) is 0 Å². The highest BCUT2D eigenvalue weighted by Gasteiger charge is 2.41. The predicted octanol–water partition coefficient (Wildman–Crippen LogP) is 2.36. The monoisotopic (exact) mass is 227 g/mol. The van der Waals surface area contributed by atoms with Crippen LogP contribution in [0.4, 0.5) is 0 Å². The van der Waals surface area contributed by atoms with Gasteiger partial charge in [-0.3, -0.25) is 4.79 Å². The van der Waals surface area contributed by atoms with E-state index in [1.165, 1.54) is 12.8 Å². The number of unbranched alkanes of at least 4 members (excludes halogenated alkanes) is 3. The van der Waals surface area contributed by atoms with Crippen molar-refractivity contribution in [2.24, 2.45) is 11.7 Å². The van der Waals surface area contributed by atoms with Gasteiger partial charge >= 0.3 is 0 Å². The van der Waals surface area contributed by atoms with Crippen LogP contribution in [0.25, 0.3) is 0 Å². The van der Waals surface area contributed by atoms with Crippen LogP contribution in [0.5, 0.6) is 0 Å². The first kappa shape index (κ1) is 13.5. The molecule has 16 heavy (non-hydrogen) atoms. The molecule has 0 heterocycles. The Morgan fingerprint density at radius 3 is 2.44 bits per heavy atom. The van der Waals surface area contributed by atoms with Crippen molar-refractivity contribution in [1.82, 2.24) is 0 Å². The van der Waals surface area contributed by atoms with Gasteiger partial charge in [0.25, 0.3) is 0 Å². The Balaban J connectivity index is 2.44. The largest absolute Gasteiger partial charge is 0.389 e. The summed E-state index contributed by atoms with van der Waals surface area (Å²) >= 11 is 0. The standard InChI is InChI=1S/C13H25NO2/c1-2-3-4-5-8-11(12(14)15)13(16)9-6-7-10-13/h11,16H,2-10H2,1H3,(H2,14,15). The second-order valence-corrected chi connectivity index (χ2v) is 5.11. The lowest BCUT2D eigenvalue weighted by Crippen LogP contribution is -2.43. The number of rotatable bonds is 7. The molecule has 1 saturated carbocycles. The van der Waals surface area contributed by atoms with Crippen LogP contribution in [0.1, 0.15) is 64.7 Å². The summed E-state index contributed by atoms with van der Waals surface area (Å²) in [5.74, 6) is -0.646. The Hall–Kier alpha value is -0.570. The normalized spacial score (nSPS) is 20.9. The van der Waals surface area contributed by atoms with E-state index in [0.717, 1.165) is 44.9 Å². The maximum Gasteiger partial charge on any atom is 0.223 e. The van der Waals surface area contributed by atoms with Gasteiger partial charge in [0.15, 0.2) is 0 Å². The van der Waals surface area contributed by atoms with Crippen LogP contribution in [-0.2, 0) is 4.79 Å². The summed E-state index contributed by atoms with van der Waals surface area (Å²) < 4.78 is 0. The van der Waals surface area contributed by atoms with Gasteiger partial charge in [0.2, 0.25) is 5.91 Å². The zero-order valence-corrected chi connectivity index (χ0v) is 10.4. The zero-order valence-electron chi connectivity index (χ0n) is 10.4. The summed E-state index contributed by atoms with van der Waals surface area (Å²) in [6.45, 7) is 2.16. The van der Waals surface area contributed by atoms with E-state index in [9.17, 15) is 9.90 Å². The summed E-state index contributed by atoms with van der Waals surface area (Å²) in [5, 5.41) is 10.4. The molecule has 1 atom stereocenters. The third kappa shape index (κ3) is 3.48. The van der Waals surface area contributed by atoms with E-state index in [1.54, 1.807) is 0 Å². The number of hydrogen-bond acceptors (Lipinski definition) is 2. The SMILES string of the molecule is CCCCCCC(C(N)=O)C1(O)CCCC1. The highest BCUT2D eigenvalue weighted by molar-refractivity contribution is 5.78. The minimum Gasteiger partial charge on any atom is -0.389 e. The molecular formula is C13H25NO2. The second-order valence-electron chi connectivity index (χ2n) is 5.11. The molecule has 1 amide bonds. The first-order chi connectivity index (χ1) is 7.60. The fourth-order valence-electron chi connectivity index (χ4n) is 2.79. The Bertz CT molecular complexity index is 222. The first-order valence-electron chi connectivity index (χ1n) is 6.62. The van der Waals surface area contributed by atoms with Crippen LogP contribution in [0.3, 0.4) is 0 Å². The highest BCUT2D eigenvalue weighted by atomic mass is 16.3. The lowest BCUT2D eigenvalue weighted by Gasteiger charge is -2.30. The number of nitrogens with two attached hydrogens (primary N) is 1. The summed E-state index contributed by atoms with van der Waals surface area (Å²) in [5.41, 5.74) is 4.62. The van der Waals surface area contributed by atoms with Crippen LogP contribution < -0.4 is 5.73 Å². The molecule has 1 aliphatic rings. The van der Waals surface area contributed by atoms with Gasteiger partial charge in [-0.05, 0) is 19.3 Å². The van der Waals surface area contributed by atoms with Crippen molar-refractivity contribution in [1.29, 1.82) is 0 Å². The van der Waals surface area contributed by atoms with Gasteiger partial charge in [-0.25, -0.2) is 0 Å². The molecule has 0 aromatic heterocycles. The highest BCUT2D eigenvalue weighted by Crippen LogP contribution is 2.38. The maximum absolute atomic E-state index is 11.4. The maximum atomic E-state index is 11.4. The van der Waals surface area contributed by atoms with Crippen LogP contribution in [-0.4, -0.2) is 16.6 Å². The molecule has 1 rings (SSSR count). The molecule has 0 radical (unpaired) electrons.